The van der Waals surface area contributed by atoms with Crippen LogP contribution in [0.25, 0.3) is 11.1 Å². The average molecular weight is 281 g/mol. The van der Waals surface area contributed by atoms with E-state index < -0.39 is 17.9 Å². The molecule has 0 aromatic heterocycles. The lowest BCUT2D eigenvalue weighted by atomic mass is 10.0. The minimum absolute atomic E-state index is 0.0195. The monoisotopic (exact) mass is 281 g/mol. The second-order valence-corrected chi connectivity index (χ2v) is 3.91. The fourth-order valence-electron chi connectivity index (χ4n) is 1.67. The molecule has 0 radical (unpaired) electrons. The first-order valence-electron chi connectivity index (χ1n) is 5.44. The van der Waals surface area contributed by atoms with Crippen LogP contribution in [0, 0.1) is 17.1 Å². The predicted octanol–water partition coefficient (Wildman–Crippen LogP) is 4.26. The van der Waals surface area contributed by atoms with Gasteiger partial charge in [0.15, 0.2) is 0 Å². The van der Waals surface area contributed by atoms with E-state index in [0.29, 0.717) is 11.1 Å². The molecule has 0 amide bonds. The van der Waals surface area contributed by atoms with Crippen LogP contribution in [-0.4, -0.2) is 6.36 Å². The zero-order valence-corrected chi connectivity index (χ0v) is 9.91. The highest BCUT2D eigenvalue weighted by Gasteiger charge is 2.31. The maximum absolute atomic E-state index is 12.8. The summed E-state index contributed by atoms with van der Waals surface area (Å²) >= 11 is 0. The quantitative estimate of drug-likeness (QED) is 0.770. The van der Waals surface area contributed by atoms with Crippen molar-refractivity contribution in [1.29, 1.82) is 5.26 Å². The molecule has 2 nitrogen and oxygen atoms in total. The third-order valence-corrected chi connectivity index (χ3v) is 2.45. The zero-order valence-electron chi connectivity index (χ0n) is 9.91. The first kappa shape index (κ1) is 13.9. The van der Waals surface area contributed by atoms with Crippen molar-refractivity contribution in [2.75, 3.05) is 0 Å². The summed E-state index contributed by atoms with van der Waals surface area (Å²) in [6.45, 7) is 0. The highest BCUT2D eigenvalue weighted by atomic mass is 19.4. The summed E-state index contributed by atoms with van der Waals surface area (Å²) in [7, 11) is 0. The van der Waals surface area contributed by atoms with E-state index in [0.717, 1.165) is 12.1 Å². The standard InChI is InChI=1S/C14H7F4NO/c15-12-3-1-10(2-4-12)11-5-9(8-19)6-13(7-11)20-14(16,17)18/h1-7H. The third kappa shape index (κ3) is 3.48. The SMILES string of the molecule is N#Cc1cc(OC(F)(F)F)cc(-c2ccc(F)cc2)c1. The number of nitriles is 1. The predicted molar refractivity (Wildman–Crippen MR) is 63.2 cm³/mol. The lowest BCUT2D eigenvalue weighted by Crippen LogP contribution is -2.17. The Kier molecular flexibility index (Phi) is 3.61. The minimum Gasteiger partial charge on any atom is -0.406 e. The molecule has 0 aliphatic carbocycles. The first-order valence-corrected chi connectivity index (χ1v) is 5.44. The Morgan fingerprint density at radius 1 is 0.950 bits per heavy atom. The molecule has 0 N–H and O–H groups in total. The zero-order chi connectivity index (χ0) is 14.8. The number of rotatable bonds is 2. The highest BCUT2D eigenvalue weighted by molar-refractivity contribution is 5.67. The molecule has 0 atom stereocenters. The molecular weight excluding hydrogens is 274 g/mol. The summed E-state index contributed by atoms with van der Waals surface area (Å²) < 4.78 is 53.3. The second-order valence-electron chi connectivity index (χ2n) is 3.91. The van der Waals surface area contributed by atoms with Gasteiger partial charge in [-0.05, 0) is 41.5 Å². The van der Waals surface area contributed by atoms with E-state index in [1.54, 1.807) is 6.07 Å². The van der Waals surface area contributed by atoms with Gasteiger partial charge in [0.2, 0.25) is 0 Å². The van der Waals surface area contributed by atoms with E-state index in [2.05, 4.69) is 4.74 Å². The van der Waals surface area contributed by atoms with E-state index in [9.17, 15) is 17.6 Å². The largest absolute Gasteiger partial charge is 0.573 e. The van der Waals surface area contributed by atoms with Crippen molar-refractivity contribution in [2.24, 2.45) is 0 Å². The summed E-state index contributed by atoms with van der Waals surface area (Å²) in [5.74, 6) is -0.951. The van der Waals surface area contributed by atoms with E-state index >= 15 is 0 Å². The molecule has 0 unspecified atom stereocenters. The van der Waals surface area contributed by atoms with Gasteiger partial charge in [-0.15, -0.1) is 13.2 Å². The van der Waals surface area contributed by atoms with Crippen LogP contribution in [0.3, 0.4) is 0 Å². The molecule has 20 heavy (non-hydrogen) atoms. The van der Waals surface area contributed by atoms with Crippen molar-refractivity contribution in [2.45, 2.75) is 6.36 Å². The molecule has 0 aliphatic heterocycles. The average Bonchev–Trinajstić information content (AvgIpc) is 2.37. The van der Waals surface area contributed by atoms with Crippen LogP contribution in [0.1, 0.15) is 5.56 Å². The lowest BCUT2D eigenvalue weighted by molar-refractivity contribution is -0.274. The van der Waals surface area contributed by atoms with Crippen LogP contribution < -0.4 is 4.74 Å². The number of hydrogen-bond donors (Lipinski definition) is 0. The van der Waals surface area contributed by atoms with Gasteiger partial charge < -0.3 is 4.74 Å². The molecule has 0 aliphatic rings. The number of benzene rings is 2. The van der Waals surface area contributed by atoms with Gasteiger partial charge in [-0.2, -0.15) is 5.26 Å². The minimum atomic E-state index is -4.84. The number of nitrogens with zero attached hydrogens (tertiary/aromatic N) is 1. The molecule has 0 saturated carbocycles. The third-order valence-electron chi connectivity index (χ3n) is 2.45. The molecule has 0 heterocycles. The molecule has 0 saturated heterocycles. The van der Waals surface area contributed by atoms with Crippen molar-refractivity contribution in [1.82, 2.24) is 0 Å². The van der Waals surface area contributed by atoms with E-state index in [-0.39, 0.29) is 5.56 Å². The van der Waals surface area contributed by atoms with Crippen LogP contribution in [-0.2, 0) is 0 Å². The van der Waals surface area contributed by atoms with Crippen molar-refractivity contribution < 1.29 is 22.3 Å². The van der Waals surface area contributed by atoms with E-state index in [1.165, 1.54) is 30.3 Å². The molecule has 2 rings (SSSR count). The summed E-state index contributed by atoms with van der Waals surface area (Å²) in [6, 6.07) is 10.4. The number of hydrogen-bond acceptors (Lipinski definition) is 2. The van der Waals surface area contributed by atoms with Gasteiger partial charge in [-0.3, -0.25) is 0 Å². The molecule has 0 fully saturated rings. The number of alkyl halides is 3. The van der Waals surface area contributed by atoms with E-state index in [1.807, 2.05) is 0 Å². The Hall–Kier alpha value is -2.55. The van der Waals surface area contributed by atoms with Crippen molar-refractivity contribution >= 4 is 0 Å². The van der Waals surface area contributed by atoms with Crippen molar-refractivity contribution in [3.63, 3.8) is 0 Å². The van der Waals surface area contributed by atoms with Crippen LogP contribution in [0.4, 0.5) is 17.6 Å². The number of halogens is 4. The van der Waals surface area contributed by atoms with Crippen LogP contribution >= 0.6 is 0 Å². The molecule has 0 bridgehead atoms. The van der Waals surface area contributed by atoms with Gasteiger partial charge in [0.05, 0.1) is 11.6 Å². The van der Waals surface area contributed by atoms with Gasteiger partial charge in [0.1, 0.15) is 11.6 Å². The fraction of sp³-hybridized carbons (Fsp3) is 0.0714. The molecule has 2 aromatic carbocycles. The van der Waals surface area contributed by atoms with Gasteiger partial charge in [-0.25, -0.2) is 4.39 Å². The Labute approximate surface area is 111 Å². The normalized spacial score (nSPS) is 10.9. The molecule has 2 aromatic rings. The number of ether oxygens (including phenoxy) is 1. The summed E-state index contributed by atoms with van der Waals surface area (Å²) in [5.41, 5.74) is 0.838. The highest BCUT2D eigenvalue weighted by Crippen LogP contribution is 2.29. The van der Waals surface area contributed by atoms with Gasteiger partial charge in [0.25, 0.3) is 0 Å². The first-order chi connectivity index (χ1) is 9.37. The summed E-state index contributed by atoms with van der Waals surface area (Å²) in [4.78, 5) is 0. The molecule has 6 heteroatoms. The fourth-order valence-corrected chi connectivity index (χ4v) is 1.67. The Morgan fingerprint density at radius 3 is 2.15 bits per heavy atom. The maximum Gasteiger partial charge on any atom is 0.573 e. The Bertz CT molecular complexity index is 656. The molecule has 0 spiro atoms. The van der Waals surface area contributed by atoms with Crippen LogP contribution in [0.15, 0.2) is 42.5 Å². The maximum atomic E-state index is 12.8. The molecule has 102 valence electrons. The van der Waals surface area contributed by atoms with Crippen LogP contribution in [0.2, 0.25) is 0 Å². The van der Waals surface area contributed by atoms with Crippen LogP contribution in [0.5, 0.6) is 5.75 Å². The van der Waals surface area contributed by atoms with Gasteiger partial charge >= 0.3 is 6.36 Å². The van der Waals surface area contributed by atoms with Crippen molar-refractivity contribution in [3.8, 4) is 22.9 Å². The van der Waals surface area contributed by atoms with Gasteiger partial charge in [-0.1, -0.05) is 12.1 Å². The topological polar surface area (TPSA) is 33.0 Å². The van der Waals surface area contributed by atoms with Crippen molar-refractivity contribution in [3.05, 3.63) is 53.8 Å². The molecular formula is C14H7F4NO. The van der Waals surface area contributed by atoms with Gasteiger partial charge in [0, 0.05) is 0 Å². The second kappa shape index (κ2) is 5.21. The Morgan fingerprint density at radius 2 is 1.60 bits per heavy atom. The smallest absolute Gasteiger partial charge is 0.406 e. The summed E-state index contributed by atoms with van der Waals surface area (Å²) in [5, 5.41) is 8.83. The van der Waals surface area contributed by atoms with E-state index in [4.69, 9.17) is 5.26 Å². The Balaban J connectivity index is 2.46. The summed E-state index contributed by atoms with van der Waals surface area (Å²) in [6.07, 6.45) is -4.84. The lowest BCUT2D eigenvalue weighted by Gasteiger charge is -2.11.